The minimum absolute atomic E-state index is 0.0916. The second kappa shape index (κ2) is 6.53. The third-order valence-electron chi connectivity index (χ3n) is 5.22. The Kier molecular flexibility index (Phi) is 4.01. The van der Waals surface area contributed by atoms with Gasteiger partial charge in [0.15, 0.2) is 0 Å². The number of amides is 1. The van der Waals surface area contributed by atoms with E-state index < -0.39 is 0 Å². The zero-order valence-corrected chi connectivity index (χ0v) is 15.6. The van der Waals surface area contributed by atoms with Crippen molar-refractivity contribution < 1.29 is 9.53 Å². The molecule has 0 bridgehead atoms. The topological polar surface area (TPSA) is 55.3 Å². The van der Waals surface area contributed by atoms with E-state index >= 15 is 0 Å². The Balaban J connectivity index is 1.26. The molecule has 4 heterocycles. The summed E-state index contributed by atoms with van der Waals surface area (Å²) in [5.74, 6) is 1.71. The molecule has 2 aliphatic rings. The summed E-state index contributed by atoms with van der Waals surface area (Å²) in [6.45, 7) is 1.55. The van der Waals surface area contributed by atoms with E-state index in [0.29, 0.717) is 5.88 Å². The van der Waals surface area contributed by atoms with Crippen LogP contribution in [-0.4, -0.2) is 50.5 Å². The van der Waals surface area contributed by atoms with Crippen molar-refractivity contribution in [1.82, 2.24) is 14.9 Å². The van der Waals surface area contributed by atoms with E-state index in [1.807, 2.05) is 65.2 Å². The largest absolute Gasteiger partial charge is 0.473 e. The number of hydrogen-bond acceptors (Lipinski definition) is 5. The van der Waals surface area contributed by atoms with Crippen LogP contribution in [0.5, 0.6) is 5.88 Å². The molecule has 2 aliphatic heterocycles. The summed E-state index contributed by atoms with van der Waals surface area (Å²) >= 11 is 1.92. The summed E-state index contributed by atoms with van der Waals surface area (Å²) in [5.41, 5.74) is 1.59. The smallest absolute Gasteiger partial charge is 0.254 e. The van der Waals surface area contributed by atoms with Crippen LogP contribution >= 0.6 is 11.8 Å². The van der Waals surface area contributed by atoms with E-state index in [9.17, 15) is 4.79 Å². The maximum atomic E-state index is 13.0. The first kappa shape index (κ1) is 16.6. The van der Waals surface area contributed by atoms with Gasteiger partial charge in [0.1, 0.15) is 6.10 Å². The lowest BCUT2D eigenvalue weighted by atomic mass is 9.92. The van der Waals surface area contributed by atoms with Crippen LogP contribution in [0.25, 0.3) is 10.9 Å². The SMILES string of the molecule is O=C(c1ccnc2ccccc12)N1CC2(CC(Oc3ccccn3)CS2)C1. The van der Waals surface area contributed by atoms with Gasteiger partial charge < -0.3 is 9.64 Å². The number of nitrogens with zero attached hydrogens (tertiary/aromatic N) is 3. The van der Waals surface area contributed by atoms with Crippen LogP contribution in [-0.2, 0) is 0 Å². The maximum Gasteiger partial charge on any atom is 0.254 e. The minimum atomic E-state index is 0.0916. The van der Waals surface area contributed by atoms with Crippen molar-refractivity contribution in [3.8, 4) is 5.88 Å². The quantitative estimate of drug-likeness (QED) is 0.700. The summed E-state index contributed by atoms with van der Waals surface area (Å²) in [5, 5.41) is 0.918. The van der Waals surface area contributed by atoms with E-state index in [2.05, 4.69) is 9.97 Å². The van der Waals surface area contributed by atoms with Gasteiger partial charge in [0.2, 0.25) is 5.88 Å². The highest BCUT2D eigenvalue weighted by molar-refractivity contribution is 8.01. The number of para-hydroxylation sites is 1. The molecule has 2 saturated heterocycles. The molecule has 1 unspecified atom stereocenters. The van der Waals surface area contributed by atoms with Gasteiger partial charge in [-0.1, -0.05) is 24.3 Å². The fraction of sp³-hybridized carbons (Fsp3) is 0.286. The molecule has 0 aliphatic carbocycles. The van der Waals surface area contributed by atoms with Crippen LogP contribution in [0.3, 0.4) is 0 Å². The third-order valence-corrected chi connectivity index (χ3v) is 6.80. The van der Waals surface area contributed by atoms with Gasteiger partial charge in [-0.25, -0.2) is 4.98 Å². The van der Waals surface area contributed by atoms with Gasteiger partial charge in [0.05, 0.1) is 15.8 Å². The number of likely N-dealkylation sites (tertiary alicyclic amines) is 1. The monoisotopic (exact) mass is 377 g/mol. The second-order valence-corrected chi connectivity index (χ2v) is 8.63. The third kappa shape index (κ3) is 3.04. The standard InChI is InChI=1S/C21H19N3O2S/c25-20(17-8-10-22-18-6-2-1-5-16(17)18)24-13-21(14-24)11-15(12-27-21)26-19-7-3-4-9-23-19/h1-10,15H,11-14H2. The first-order chi connectivity index (χ1) is 13.2. The summed E-state index contributed by atoms with van der Waals surface area (Å²) in [4.78, 5) is 23.5. The summed E-state index contributed by atoms with van der Waals surface area (Å²) in [7, 11) is 0. The summed E-state index contributed by atoms with van der Waals surface area (Å²) < 4.78 is 6.12. The first-order valence-electron chi connectivity index (χ1n) is 9.07. The van der Waals surface area contributed by atoms with Crippen molar-refractivity contribution in [3.63, 3.8) is 0 Å². The number of rotatable bonds is 3. The average molecular weight is 377 g/mol. The van der Waals surface area contributed by atoms with Crippen molar-refractivity contribution in [1.29, 1.82) is 0 Å². The Bertz CT molecular complexity index is 984. The Morgan fingerprint density at radius 3 is 2.78 bits per heavy atom. The Morgan fingerprint density at radius 1 is 1.07 bits per heavy atom. The van der Waals surface area contributed by atoms with Gasteiger partial charge in [0, 0.05) is 49.1 Å². The molecule has 5 rings (SSSR count). The molecule has 5 nitrogen and oxygen atoms in total. The summed E-state index contributed by atoms with van der Waals surface area (Å²) in [6, 6.07) is 15.3. The molecule has 2 aromatic heterocycles. The number of benzene rings is 1. The fourth-order valence-corrected chi connectivity index (χ4v) is 5.46. The predicted molar refractivity (Wildman–Crippen MR) is 106 cm³/mol. The number of thioether (sulfide) groups is 1. The number of pyridine rings is 2. The zero-order valence-electron chi connectivity index (χ0n) is 14.7. The molecule has 3 aromatic rings. The highest BCUT2D eigenvalue weighted by atomic mass is 32.2. The molecular formula is C21H19N3O2S. The minimum Gasteiger partial charge on any atom is -0.473 e. The molecule has 27 heavy (non-hydrogen) atoms. The molecule has 136 valence electrons. The van der Waals surface area contributed by atoms with Crippen LogP contribution in [0, 0.1) is 0 Å². The highest BCUT2D eigenvalue weighted by Gasteiger charge is 2.51. The normalized spacial score (nSPS) is 20.6. The number of carbonyl (C=O) groups is 1. The predicted octanol–water partition coefficient (Wildman–Crippen LogP) is 3.41. The highest BCUT2D eigenvalue weighted by Crippen LogP contribution is 2.46. The lowest BCUT2D eigenvalue weighted by Crippen LogP contribution is -2.60. The van der Waals surface area contributed by atoms with Crippen molar-refractivity contribution >= 4 is 28.6 Å². The van der Waals surface area contributed by atoms with E-state index in [1.54, 1.807) is 12.4 Å². The Labute approximate surface area is 161 Å². The van der Waals surface area contributed by atoms with E-state index in [-0.39, 0.29) is 16.8 Å². The number of fused-ring (bicyclic) bond motifs is 1. The van der Waals surface area contributed by atoms with Gasteiger partial charge in [-0.15, -0.1) is 11.8 Å². The summed E-state index contributed by atoms with van der Waals surface area (Å²) in [6.07, 6.45) is 4.57. The second-order valence-electron chi connectivity index (χ2n) is 7.14. The van der Waals surface area contributed by atoms with Crippen LogP contribution in [0.4, 0.5) is 0 Å². The lowest BCUT2D eigenvalue weighted by molar-refractivity contribution is 0.0518. The molecular weight excluding hydrogens is 358 g/mol. The van der Waals surface area contributed by atoms with Gasteiger partial charge in [-0.2, -0.15) is 0 Å². The van der Waals surface area contributed by atoms with Gasteiger partial charge in [-0.05, 0) is 18.2 Å². The molecule has 0 N–H and O–H groups in total. The number of carbonyl (C=O) groups excluding carboxylic acids is 1. The Morgan fingerprint density at radius 2 is 1.93 bits per heavy atom. The molecule has 0 radical (unpaired) electrons. The number of ether oxygens (including phenoxy) is 1. The van der Waals surface area contributed by atoms with E-state index in [4.69, 9.17) is 4.74 Å². The van der Waals surface area contributed by atoms with Crippen LogP contribution in [0.1, 0.15) is 16.8 Å². The molecule has 1 amide bonds. The van der Waals surface area contributed by atoms with E-state index in [0.717, 1.165) is 41.7 Å². The molecule has 6 heteroatoms. The molecule has 1 aromatic carbocycles. The van der Waals surface area contributed by atoms with Crippen molar-refractivity contribution in [3.05, 3.63) is 66.5 Å². The molecule has 2 fully saturated rings. The van der Waals surface area contributed by atoms with Crippen LogP contribution in [0.2, 0.25) is 0 Å². The Hall–Kier alpha value is -2.60. The van der Waals surface area contributed by atoms with Crippen molar-refractivity contribution in [2.45, 2.75) is 17.3 Å². The lowest BCUT2D eigenvalue weighted by Gasteiger charge is -2.47. The van der Waals surface area contributed by atoms with Gasteiger partial charge >= 0.3 is 0 Å². The molecule has 1 atom stereocenters. The maximum absolute atomic E-state index is 13.0. The van der Waals surface area contributed by atoms with Crippen LogP contribution in [0.15, 0.2) is 60.9 Å². The number of aromatic nitrogens is 2. The van der Waals surface area contributed by atoms with Gasteiger partial charge in [-0.3, -0.25) is 9.78 Å². The van der Waals surface area contributed by atoms with Crippen molar-refractivity contribution in [2.24, 2.45) is 0 Å². The molecule has 0 saturated carbocycles. The average Bonchev–Trinajstić information content (AvgIpc) is 3.11. The van der Waals surface area contributed by atoms with Crippen LogP contribution < -0.4 is 4.74 Å². The fourth-order valence-electron chi connectivity index (χ4n) is 3.93. The van der Waals surface area contributed by atoms with E-state index in [1.165, 1.54) is 0 Å². The number of hydrogen-bond donors (Lipinski definition) is 0. The van der Waals surface area contributed by atoms with Crippen molar-refractivity contribution in [2.75, 3.05) is 18.8 Å². The zero-order chi connectivity index (χ0) is 18.3. The van der Waals surface area contributed by atoms with Gasteiger partial charge in [0.25, 0.3) is 5.91 Å². The molecule has 1 spiro atoms. The first-order valence-corrected chi connectivity index (χ1v) is 10.1.